The van der Waals surface area contributed by atoms with Gasteiger partial charge in [0.25, 0.3) is 5.91 Å². The molecule has 0 unspecified atom stereocenters. The number of nitrogens with zero attached hydrogens (tertiary/aromatic N) is 1. The van der Waals surface area contributed by atoms with Gasteiger partial charge < -0.3 is 43.8 Å². The van der Waals surface area contributed by atoms with Crippen molar-refractivity contribution in [2.45, 2.75) is 38.1 Å². The first-order chi connectivity index (χ1) is 21.9. The second-order valence-electron chi connectivity index (χ2n) is 11.1. The van der Waals surface area contributed by atoms with Gasteiger partial charge in [-0.3, -0.25) is 14.5 Å². The Morgan fingerprint density at radius 2 is 1.67 bits per heavy atom. The Labute approximate surface area is 261 Å². The Hall–Kier alpha value is -4.84. The minimum absolute atomic E-state index is 0.0864. The number of hydrogen-bond donors (Lipinski definition) is 2. The second-order valence-corrected chi connectivity index (χ2v) is 11.1. The van der Waals surface area contributed by atoms with E-state index in [-0.39, 0.29) is 37.4 Å². The van der Waals surface area contributed by atoms with E-state index in [1.807, 2.05) is 36.4 Å². The molecule has 9 rings (SSSR count). The molecular weight excluding hydrogens is 582 g/mol. The molecule has 12 heteroatoms. The van der Waals surface area contributed by atoms with Crippen LogP contribution in [0.1, 0.15) is 23.1 Å². The van der Waals surface area contributed by atoms with Crippen molar-refractivity contribution in [3.8, 4) is 40.2 Å². The summed E-state index contributed by atoms with van der Waals surface area (Å²) < 4.78 is 40.2. The van der Waals surface area contributed by atoms with Gasteiger partial charge in [-0.25, -0.2) is 0 Å². The van der Waals surface area contributed by atoms with E-state index in [4.69, 9.17) is 33.2 Å². The summed E-state index contributed by atoms with van der Waals surface area (Å²) in [6, 6.07) is 14.5. The molecule has 2 amide bonds. The number of rotatable bonds is 5. The van der Waals surface area contributed by atoms with Gasteiger partial charge in [-0.1, -0.05) is 6.07 Å². The lowest BCUT2D eigenvalue weighted by Gasteiger charge is -2.22. The first-order valence-corrected chi connectivity index (χ1v) is 14.8. The molecule has 3 aromatic rings. The van der Waals surface area contributed by atoms with E-state index in [0.29, 0.717) is 79.3 Å². The molecule has 0 aromatic heterocycles. The van der Waals surface area contributed by atoms with E-state index in [2.05, 4.69) is 15.5 Å². The van der Waals surface area contributed by atoms with Gasteiger partial charge in [0, 0.05) is 44.2 Å². The van der Waals surface area contributed by atoms with Crippen LogP contribution in [0.4, 0.5) is 0 Å². The molecule has 12 nitrogen and oxygen atoms in total. The van der Waals surface area contributed by atoms with Crippen molar-refractivity contribution in [1.82, 2.24) is 15.5 Å². The number of fused-ring (bicyclic) bond motifs is 1. The van der Waals surface area contributed by atoms with Crippen molar-refractivity contribution < 1.29 is 42.7 Å². The molecular formula is C33H37N3O9. The molecule has 2 N–H and O–H groups in total. The zero-order chi connectivity index (χ0) is 31.3. The fourth-order valence-corrected chi connectivity index (χ4v) is 5.81. The second kappa shape index (κ2) is 13.4. The molecule has 6 heterocycles. The van der Waals surface area contributed by atoms with E-state index in [1.165, 1.54) is 0 Å². The topological polar surface area (TPSA) is 126 Å². The molecule has 1 fully saturated rings. The molecule has 0 aliphatic carbocycles. The summed E-state index contributed by atoms with van der Waals surface area (Å²) in [5, 5.41) is 6.09. The maximum Gasteiger partial charge on any atom is 0.258 e. The predicted octanol–water partition coefficient (Wildman–Crippen LogP) is 2.83. The molecule has 0 spiro atoms. The number of ether oxygens (including phenoxy) is 7. The summed E-state index contributed by atoms with van der Waals surface area (Å²) in [7, 11) is 4.72. The van der Waals surface area contributed by atoms with Crippen LogP contribution in [0, 0.1) is 0 Å². The van der Waals surface area contributed by atoms with Gasteiger partial charge in [-0.05, 0) is 53.9 Å². The summed E-state index contributed by atoms with van der Waals surface area (Å²) >= 11 is 0. The van der Waals surface area contributed by atoms with Crippen molar-refractivity contribution in [3.05, 3.63) is 65.2 Å². The van der Waals surface area contributed by atoms with Crippen LogP contribution in [0.5, 0.6) is 40.2 Å². The van der Waals surface area contributed by atoms with Gasteiger partial charge in [0.2, 0.25) is 18.4 Å². The lowest BCUT2D eigenvalue weighted by atomic mass is 10.1. The zero-order valence-corrected chi connectivity index (χ0v) is 25.6. The third kappa shape index (κ3) is 6.96. The first-order valence-electron chi connectivity index (χ1n) is 14.8. The van der Waals surface area contributed by atoms with Crippen LogP contribution >= 0.6 is 0 Å². The number of hydrogen-bond acceptors (Lipinski definition) is 10. The molecule has 2 atom stereocenters. The molecule has 238 valence electrons. The van der Waals surface area contributed by atoms with Gasteiger partial charge in [0.1, 0.15) is 17.6 Å². The maximum atomic E-state index is 13.2. The number of benzene rings is 3. The molecule has 0 saturated carbocycles. The summed E-state index contributed by atoms with van der Waals surface area (Å²) in [5.41, 5.74) is 2.72. The number of aryl methyl sites for hydroxylation is 1. The fourth-order valence-electron chi connectivity index (χ4n) is 5.81. The largest absolute Gasteiger partial charge is 0.496 e. The lowest BCUT2D eigenvalue weighted by molar-refractivity contribution is -0.124. The number of nitrogens with one attached hydrogen (secondary N) is 2. The average molecular weight is 620 g/mol. The Morgan fingerprint density at radius 1 is 0.822 bits per heavy atom. The number of carbonyl (C=O) groups is 2. The summed E-state index contributed by atoms with van der Waals surface area (Å²) in [4.78, 5) is 28.0. The Bertz CT molecular complexity index is 1560. The number of carbonyl (C=O) groups excluding carboxylic acids is 2. The normalized spacial score (nSPS) is 20.0. The van der Waals surface area contributed by atoms with Crippen molar-refractivity contribution in [2.24, 2.45) is 0 Å². The lowest BCUT2D eigenvalue weighted by Crippen LogP contribution is -2.46. The summed E-state index contributed by atoms with van der Waals surface area (Å²) in [5.74, 6) is 3.59. The van der Waals surface area contributed by atoms with Crippen molar-refractivity contribution in [3.63, 3.8) is 0 Å². The summed E-state index contributed by atoms with van der Waals surface area (Å²) in [6.45, 7) is 1.90. The molecule has 4 bridgehead atoms. The highest BCUT2D eigenvalue weighted by Gasteiger charge is 2.36. The Kier molecular flexibility index (Phi) is 9.01. The van der Waals surface area contributed by atoms with Gasteiger partial charge >= 0.3 is 0 Å². The maximum absolute atomic E-state index is 13.2. The predicted molar refractivity (Wildman–Crippen MR) is 162 cm³/mol. The molecule has 1 saturated heterocycles. The van der Waals surface area contributed by atoms with Crippen LogP contribution in [0.15, 0.2) is 48.5 Å². The summed E-state index contributed by atoms with van der Waals surface area (Å²) in [6.07, 6.45) is 0.443. The Morgan fingerprint density at radius 3 is 2.49 bits per heavy atom. The van der Waals surface area contributed by atoms with Gasteiger partial charge in [0.05, 0.1) is 27.4 Å². The number of methoxy groups -OCH3 is 3. The zero-order valence-electron chi connectivity index (χ0n) is 25.6. The minimum atomic E-state index is -0.375. The highest BCUT2D eigenvalue weighted by Crippen LogP contribution is 2.42. The molecule has 6 aliphatic heterocycles. The highest BCUT2D eigenvalue weighted by atomic mass is 16.7. The van der Waals surface area contributed by atoms with Crippen LogP contribution in [-0.2, 0) is 29.1 Å². The van der Waals surface area contributed by atoms with Gasteiger partial charge in [-0.15, -0.1) is 0 Å². The van der Waals surface area contributed by atoms with Crippen molar-refractivity contribution in [2.75, 3.05) is 47.8 Å². The third-order valence-corrected chi connectivity index (χ3v) is 8.06. The SMILES string of the molecule is COc1cc2ccc1CNC(=O)CCc1ccc(c(OC)c1)OCC(=O)N[C@@H]1CN(Cc3cc(OC)c4c(c3)OCO4)C[C@H]1O2. The smallest absolute Gasteiger partial charge is 0.258 e. The van der Waals surface area contributed by atoms with Crippen LogP contribution in [0.3, 0.4) is 0 Å². The van der Waals surface area contributed by atoms with Crippen LogP contribution in [0.2, 0.25) is 0 Å². The minimum Gasteiger partial charge on any atom is -0.496 e. The monoisotopic (exact) mass is 619 g/mol. The number of likely N-dealkylation sites (tertiary alicyclic amines) is 1. The Balaban J connectivity index is 1.25. The van der Waals surface area contributed by atoms with E-state index in [1.54, 1.807) is 33.5 Å². The molecule has 6 aliphatic rings. The quantitative estimate of drug-likeness (QED) is 0.441. The van der Waals surface area contributed by atoms with Crippen LogP contribution in [0.25, 0.3) is 0 Å². The fraction of sp³-hybridized carbons (Fsp3) is 0.394. The van der Waals surface area contributed by atoms with Crippen LogP contribution < -0.4 is 43.8 Å². The highest BCUT2D eigenvalue weighted by molar-refractivity contribution is 5.78. The third-order valence-electron chi connectivity index (χ3n) is 8.06. The molecule has 3 aromatic carbocycles. The van der Waals surface area contributed by atoms with Gasteiger partial charge in [0.15, 0.2) is 29.6 Å². The van der Waals surface area contributed by atoms with E-state index in [0.717, 1.165) is 16.7 Å². The van der Waals surface area contributed by atoms with Crippen LogP contribution in [-0.4, -0.2) is 76.7 Å². The number of amides is 2. The first kappa shape index (κ1) is 30.2. The van der Waals surface area contributed by atoms with E-state index >= 15 is 0 Å². The average Bonchev–Trinajstić information content (AvgIpc) is 3.67. The van der Waals surface area contributed by atoms with Crippen molar-refractivity contribution >= 4 is 11.8 Å². The van der Waals surface area contributed by atoms with Gasteiger partial charge in [-0.2, -0.15) is 0 Å². The van der Waals surface area contributed by atoms with Crippen molar-refractivity contribution in [1.29, 1.82) is 0 Å². The molecule has 0 radical (unpaired) electrons. The van der Waals surface area contributed by atoms with E-state index < -0.39 is 0 Å². The molecule has 45 heavy (non-hydrogen) atoms. The van der Waals surface area contributed by atoms with E-state index in [9.17, 15) is 9.59 Å². The standard InChI is InChI=1S/C33H37N3O9/c1-39-26-13-23-7-6-22(26)14-34-31(37)9-5-20-4-8-25(27(10-20)40-2)42-18-32(38)35-24-16-36(17-30(24)45-23)15-21-11-28(41-3)33-29(12-21)43-19-44-33/h4,6-8,10-13,24,30H,5,9,14-19H2,1-3H3,(H,34,37)(H,35,38)/t24-,30-/m1/s1.